The normalized spacial score (nSPS) is 14.3. The molecule has 0 heterocycles. The number of carbonyl (C=O) groups is 2. The lowest BCUT2D eigenvalue weighted by Gasteiger charge is -2.32. The molecule has 1 aliphatic rings. The first-order valence-corrected chi connectivity index (χ1v) is 16.0. The van der Waals surface area contributed by atoms with Crippen molar-refractivity contribution in [2.24, 2.45) is 0 Å². The minimum Gasteiger partial charge on any atom is -0.457 e. The smallest absolute Gasteiger partial charge is 0.244 e. The van der Waals surface area contributed by atoms with Crippen LogP contribution in [0.5, 0.6) is 11.5 Å². The lowest BCUT2D eigenvalue weighted by molar-refractivity contribution is -0.139. The van der Waals surface area contributed by atoms with Crippen LogP contribution < -0.4 is 14.4 Å². The molecule has 41 heavy (non-hydrogen) atoms. The minimum absolute atomic E-state index is 0.0381. The Kier molecular flexibility index (Phi) is 10.2. The second-order valence-electron chi connectivity index (χ2n) is 10.1. The maximum absolute atomic E-state index is 13.8. The van der Waals surface area contributed by atoms with Crippen LogP contribution in [0.25, 0.3) is 0 Å². The molecule has 3 aromatic rings. The molecule has 1 aliphatic carbocycles. The van der Waals surface area contributed by atoms with Crippen molar-refractivity contribution in [3.8, 4) is 11.5 Å². The standard InChI is InChI=1S/C30H33Cl2N3O5S/c1-21(30(37)33-23-8-6-7-9-23)34(19-22-12-17-27(31)28(32)18-22)29(36)20-35(41(2,38)39)24-13-15-26(16-14-24)40-25-10-4-3-5-11-25/h3-5,10-18,21,23H,6-9,19-20H2,1-2H3,(H,33,37)/t21-/m1/s1. The van der Waals surface area contributed by atoms with Crippen LogP contribution in [0.2, 0.25) is 10.0 Å². The molecule has 8 nitrogen and oxygen atoms in total. The molecule has 11 heteroatoms. The van der Waals surface area contributed by atoms with E-state index in [1.54, 1.807) is 49.4 Å². The number of hydrogen-bond donors (Lipinski definition) is 1. The van der Waals surface area contributed by atoms with E-state index >= 15 is 0 Å². The number of nitrogens with zero attached hydrogens (tertiary/aromatic N) is 2. The van der Waals surface area contributed by atoms with Crippen LogP contribution in [0.4, 0.5) is 5.69 Å². The van der Waals surface area contributed by atoms with E-state index in [0.29, 0.717) is 32.8 Å². The summed E-state index contributed by atoms with van der Waals surface area (Å²) in [5.41, 5.74) is 0.945. The van der Waals surface area contributed by atoms with Gasteiger partial charge in [-0.15, -0.1) is 0 Å². The van der Waals surface area contributed by atoms with Crippen LogP contribution in [0.3, 0.4) is 0 Å². The molecular formula is C30H33Cl2N3O5S. The highest BCUT2D eigenvalue weighted by atomic mass is 35.5. The van der Waals surface area contributed by atoms with Gasteiger partial charge in [-0.25, -0.2) is 8.42 Å². The molecule has 3 aromatic carbocycles. The molecular weight excluding hydrogens is 585 g/mol. The van der Waals surface area contributed by atoms with Gasteiger partial charge in [-0.05, 0) is 73.9 Å². The second-order valence-corrected chi connectivity index (χ2v) is 12.8. The highest BCUT2D eigenvalue weighted by Gasteiger charge is 2.31. The van der Waals surface area contributed by atoms with Crippen molar-refractivity contribution < 1.29 is 22.7 Å². The number of amides is 2. The molecule has 0 bridgehead atoms. The van der Waals surface area contributed by atoms with E-state index in [1.807, 2.05) is 30.3 Å². The molecule has 0 aromatic heterocycles. The number of benzene rings is 3. The van der Waals surface area contributed by atoms with Crippen LogP contribution >= 0.6 is 23.2 Å². The third-order valence-electron chi connectivity index (χ3n) is 6.99. The predicted octanol–water partition coefficient (Wildman–Crippen LogP) is 6.03. The van der Waals surface area contributed by atoms with Gasteiger partial charge < -0.3 is 15.0 Å². The van der Waals surface area contributed by atoms with Gasteiger partial charge >= 0.3 is 0 Å². The van der Waals surface area contributed by atoms with Crippen LogP contribution in [0.1, 0.15) is 38.2 Å². The number of hydrogen-bond acceptors (Lipinski definition) is 5. The van der Waals surface area contributed by atoms with Crippen molar-refractivity contribution in [3.05, 3.63) is 88.4 Å². The summed E-state index contributed by atoms with van der Waals surface area (Å²) in [4.78, 5) is 28.3. The summed E-state index contributed by atoms with van der Waals surface area (Å²) in [5, 5.41) is 3.72. The first-order valence-electron chi connectivity index (χ1n) is 13.4. The fourth-order valence-electron chi connectivity index (χ4n) is 4.73. The minimum atomic E-state index is -3.86. The van der Waals surface area contributed by atoms with Gasteiger partial charge in [-0.2, -0.15) is 0 Å². The third kappa shape index (κ3) is 8.38. The van der Waals surface area contributed by atoms with Gasteiger partial charge in [-0.1, -0.05) is 60.3 Å². The fourth-order valence-corrected chi connectivity index (χ4v) is 5.90. The van der Waals surface area contributed by atoms with E-state index in [1.165, 1.54) is 4.90 Å². The van der Waals surface area contributed by atoms with Crippen molar-refractivity contribution in [2.45, 2.75) is 51.2 Å². The SMILES string of the molecule is C[C@H](C(=O)NC1CCCC1)N(Cc1ccc(Cl)c(Cl)c1)C(=O)CN(c1ccc(Oc2ccccc2)cc1)S(C)(=O)=O. The molecule has 1 fully saturated rings. The maximum Gasteiger partial charge on any atom is 0.244 e. The number of para-hydroxylation sites is 1. The molecule has 0 radical (unpaired) electrons. The van der Waals surface area contributed by atoms with Gasteiger partial charge in [0.05, 0.1) is 22.0 Å². The zero-order chi connectivity index (χ0) is 29.6. The molecule has 0 saturated heterocycles. The number of ether oxygens (including phenoxy) is 1. The van der Waals surface area contributed by atoms with Gasteiger partial charge in [0.1, 0.15) is 24.1 Å². The average Bonchev–Trinajstić information content (AvgIpc) is 3.45. The Labute approximate surface area is 251 Å². The van der Waals surface area contributed by atoms with Gasteiger partial charge in [-0.3, -0.25) is 13.9 Å². The Bertz CT molecular complexity index is 1460. The zero-order valence-electron chi connectivity index (χ0n) is 22.9. The molecule has 0 unspecified atom stereocenters. The summed E-state index contributed by atoms with van der Waals surface area (Å²) in [6.45, 7) is 1.18. The van der Waals surface area contributed by atoms with Crippen LogP contribution in [-0.2, 0) is 26.2 Å². The lowest BCUT2D eigenvalue weighted by atomic mass is 10.1. The van der Waals surface area contributed by atoms with Crippen LogP contribution in [-0.4, -0.2) is 50.0 Å². The van der Waals surface area contributed by atoms with Crippen LogP contribution in [0.15, 0.2) is 72.8 Å². The number of halogens is 2. The van der Waals surface area contributed by atoms with Crippen molar-refractivity contribution in [2.75, 3.05) is 17.1 Å². The largest absolute Gasteiger partial charge is 0.457 e. The summed E-state index contributed by atoms with van der Waals surface area (Å²) >= 11 is 12.3. The Morgan fingerprint density at radius 1 is 0.951 bits per heavy atom. The molecule has 1 atom stereocenters. The number of anilines is 1. The molecule has 218 valence electrons. The summed E-state index contributed by atoms with van der Waals surface area (Å²) in [6, 6.07) is 19.8. The second kappa shape index (κ2) is 13.6. The van der Waals surface area contributed by atoms with Crippen molar-refractivity contribution >= 4 is 50.7 Å². The van der Waals surface area contributed by atoms with E-state index < -0.39 is 28.5 Å². The molecule has 0 aliphatic heterocycles. The highest BCUT2D eigenvalue weighted by Crippen LogP contribution is 2.27. The van der Waals surface area contributed by atoms with Crippen molar-refractivity contribution in [1.82, 2.24) is 10.2 Å². The highest BCUT2D eigenvalue weighted by molar-refractivity contribution is 7.92. The quantitative estimate of drug-likeness (QED) is 0.283. The summed E-state index contributed by atoms with van der Waals surface area (Å²) in [7, 11) is -3.86. The number of nitrogens with one attached hydrogen (secondary N) is 1. The van der Waals surface area contributed by atoms with E-state index in [2.05, 4.69) is 5.32 Å². The first kappa shape index (κ1) is 30.7. The Morgan fingerprint density at radius 2 is 1.59 bits per heavy atom. The van der Waals surface area contributed by atoms with Gasteiger partial charge in [0.25, 0.3) is 0 Å². The van der Waals surface area contributed by atoms with Crippen molar-refractivity contribution in [3.63, 3.8) is 0 Å². The number of rotatable bonds is 11. The Morgan fingerprint density at radius 3 is 2.20 bits per heavy atom. The summed E-state index contributed by atoms with van der Waals surface area (Å²) < 4.78 is 32.5. The van der Waals surface area contributed by atoms with Gasteiger partial charge in [0.15, 0.2) is 0 Å². The molecule has 4 rings (SSSR count). The maximum atomic E-state index is 13.8. The van der Waals surface area contributed by atoms with E-state index in [0.717, 1.165) is 36.2 Å². The fraction of sp³-hybridized carbons (Fsp3) is 0.333. The van der Waals surface area contributed by atoms with Crippen molar-refractivity contribution in [1.29, 1.82) is 0 Å². The Hall–Kier alpha value is -3.27. The third-order valence-corrected chi connectivity index (χ3v) is 8.87. The number of carbonyl (C=O) groups excluding carboxylic acids is 2. The molecule has 0 spiro atoms. The van der Waals surface area contributed by atoms with E-state index in [-0.39, 0.29) is 18.5 Å². The van der Waals surface area contributed by atoms with Gasteiger partial charge in [0.2, 0.25) is 21.8 Å². The summed E-state index contributed by atoms with van der Waals surface area (Å²) in [5.74, 6) is 0.315. The van der Waals surface area contributed by atoms with Gasteiger partial charge in [0, 0.05) is 12.6 Å². The van der Waals surface area contributed by atoms with Crippen LogP contribution in [0, 0.1) is 0 Å². The first-order chi connectivity index (χ1) is 19.5. The lowest BCUT2D eigenvalue weighted by Crippen LogP contribution is -2.52. The molecule has 1 N–H and O–H groups in total. The zero-order valence-corrected chi connectivity index (χ0v) is 25.3. The molecule has 1 saturated carbocycles. The Balaban J connectivity index is 1.57. The van der Waals surface area contributed by atoms with E-state index in [4.69, 9.17) is 27.9 Å². The predicted molar refractivity (Wildman–Crippen MR) is 162 cm³/mol. The summed E-state index contributed by atoms with van der Waals surface area (Å²) in [6.07, 6.45) is 4.91. The monoisotopic (exact) mass is 617 g/mol. The molecule has 2 amide bonds. The average molecular weight is 619 g/mol. The number of sulfonamides is 1. The van der Waals surface area contributed by atoms with E-state index in [9.17, 15) is 18.0 Å². The topological polar surface area (TPSA) is 96.0 Å².